The second kappa shape index (κ2) is 4.90. The van der Waals surface area contributed by atoms with Crippen LogP contribution >= 0.6 is 0 Å². The largest absolute Gasteiger partial charge is 0.397 e. The van der Waals surface area contributed by atoms with E-state index in [1.54, 1.807) is 34.9 Å². The maximum absolute atomic E-state index is 13.4. The van der Waals surface area contributed by atoms with E-state index >= 15 is 0 Å². The zero-order valence-corrected chi connectivity index (χ0v) is 11.1. The van der Waals surface area contributed by atoms with Gasteiger partial charge in [-0.3, -0.25) is 4.79 Å². The lowest BCUT2D eigenvalue weighted by Gasteiger charge is -2.07. The van der Waals surface area contributed by atoms with Gasteiger partial charge in [-0.15, -0.1) is 0 Å². The quantitative estimate of drug-likeness (QED) is 0.720. The Bertz CT molecular complexity index is 841. The third-order valence-electron chi connectivity index (χ3n) is 3.21. The van der Waals surface area contributed by atoms with Crippen molar-refractivity contribution < 1.29 is 9.18 Å². The number of imidazole rings is 1. The molecule has 1 amide bonds. The minimum atomic E-state index is -0.505. The van der Waals surface area contributed by atoms with Crippen molar-refractivity contribution in [1.82, 2.24) is 9.55 Å². The lowest BCUT2D eigenvalue weighted by atomic mass is 10.2. The molecule has 21 heavy (non-hydrogen) atoms. The Morgan fingerprint density at radius 3 is 2.71 bits per heavy atom. The van der Waals surface area contributed by atoms with E-state index in [-0.39, 0.29) is 12.4 Å². The van der Waals surface area contributed by atoms with Crippen molar-refractivity contribution in [2.75, 3.05) is 5.73 Å². The van der Waals surface area contributed by atoms with E-state index in [1.165, 1.54) is 12.1 Å². The number of hydrogen-bond acceptors (Lipinski definition) is 3. The van der Waals surface area contributed by atoms with Crippen LogP contribution in [0, 0.1) is 5.82 Å². The second-order valence-corrected chi connectivity index (χ2v) is 4.71. The number of aromatic nitrogens is 2. The molecule has 1 aromatic heterocycles. The van der Waals surface area contributed by atoms with E-state index in [1.807, 2.05) is 0 Å². The Hall–Kier alpha value is -2.89. The maximum atomic E-state index is 13.4. The molecule has 0 fully saturated rings. The number of primary amides is 1. The van der Waals surface area contributed by atoms with E-state index in [0.29, 0.717) is 28.1 Å². The molecule has 0 aliphatic carbocycles. The first-order valence-electron chi connectivity index (χ1n) is 6.35. The van der Waals surface area contributed by atoms with Gasteiger partial charge in [-0.05, 0) is 24.3 Å². The molecule has 0 aliphatic heterocycles. The first-order valence-corrected chi connectivity index (χ1v) is 6.35. The number of hydrogen-bond donors (Lipinski definition) is 2. The number of carbonyl (C=O) groups excluding carboxylic acids is 1. The van der Waals surface area contributed by atoms with Gasteiger partial charge in [0.2, 0.25) is 5.91 Å². The Morgan fingerprint density at radius 1 is 1.24 bits per heavy atom. The number of nitrogen functional groups attached to an aromatic ring is 1. The van der Waals surface area contributed by atoms with Gasteiger partial charge in [-0.2, -0.15) is 0 Å². The van der Waals surface area contributed by atoms with Crippen LogP contribution < -0.4 is 11.5 Å². The van der Waals surface area contributed by atoms with Gasteiger partial charge in [0.1, 0.15) is 23.7 Å². The van der Waals surface area contributed by atoms with Crippen molar-refractivity contribution in [1.29, 1.82) is 0 Å². The van der Waals surface area contributed by atoms with Gasteiger partial charge in [-0.1, -0.05) is 18.2 Å². The van der Waals surface area contributed by atoms with E-state index in [0.717, 1.165) is 0 Å². The first kappa shape index (κ1) is 13.1. The van der Waals surface area contributed by atoms with Crippen LogP contribution in [0.5, 0.6) is 0 Å². The second-order valence-electron chi connectivity index (χ2n) is 4.71. The molecule has 5 nitrogen and oxygen atoms in total. The molecule has 0 radical (unpaired) electrons. The summed E-state index contributed by atoms with van der Waals surface area (Å²) < 4.78 is 15.1. The number of nitrogens with zero attached hydrogens (tertiary/aromatic N) is 2. The molecule has 0 unspecified atom stereocenters. The van der Waals surface area contributed by atoms with E-state index < -0.39 is 5.91 Å². The number of benzene rings is 2. The summed E-state index contributed by atoms with van der Waals surface area (Å²) in [5.41, 5.74) is 13.5. The summed E-state index contributed by atoms with van der Waals surface area (Å²) in [6, 6.07) is 11.3. The van der Waals surface area contributed by atoms with Gasteiger partial charge in [0.15, 0.2) is 0 Å². The van der Waals surface area contributed by atoms with Crippen LogP contribution in [0.15, 0.2) is 42.5 Å². The minimum absolute atomic E-state index is 0.0498. The zero-order chi connectivity index (χ0) is 15.0. The van der Waals surface area contributed by atoms with Crippen molar-refractivity contribution >= 4 is 22.6 Å². The van der Waals surface area contributed by atoms with Crippen molar-refractivity contribution in [3.8, 4) is 11.4 Å². The number of amides is 1. The lowest BCUT2D eigenvalue weighted by molar-refractivity contribution is -0.118. The molecule has 1 heterocycles. The first-order chi connectivity index (χ1) is 10.1. The molecule has 3 aromatic rings. The normalized spacial score (nSPS) is 10.9. The number of halogens is 1. The third-order valence-corrected chi connectivity index (χ3v) is 3.21. The number of para-hydroxylation sites is 1. The number of anilines is 1. The highest BCUT2D eigenvalue weighted by molar-refractivity contribution is 5.91. The van der Waals surface area contributed by atoms with Crippen LogP contribution in [-0.2, 0) is 11.3 Å². The Kier molecular flexibility index (Phi) is 3.06. The zero-order valence-electron chi connectivity index (χ0n) is 11.1. The molecule has 0 saturated carbocycles. The SMILES string of the molecule is NC(=O)Cn1c(-c2cccc(F)c2)nc2c(N)cccc21. The smallest absolute Gasteiger partial charge is 0.237 e. The monoisotopic (exact) mass is 284 g/mol. The fourth-order valence-corrected chi connectivity index (χ4v) is 2.33. The standard InChI is InChI=1S/C15H13FN4O/c16-10-4-1-3-9(7-10)15-19-14-11(17)5-2-6-12(14)20(15)8-13(18)21/h1-7H,8,17H2,(H2,18,21). The number of carbonyl (C=O) groups is 1. The average molecular weight is 284 g/mol. The van der Waals surface area contributed by atoms with Gasteiger partial charge in [0.25, 0.3) is 0 Å². The molecule has 106 valence electrons. The summed E-state index contributed by atoms with van der Waals surface area (Å²) in [5.74, 6) is -0.422. The maximum Gasteiger partial charge on any atom is 0.237 e. The van der Waals surface area contributed by atoms with Crippen LogP contribution in [-0.4, -0.2) is 15.5 Å². The lowest BCUT2D eigenvalue weighted by Crippen LogP contribution is -2.19. The predicted octanol–water partition coefficient (Wildman–Crippen LogP) is 1.91. The minimum Gasteiger partial charge on any atom is -0.397 e. The van der Waals surface area contributed by atoms with Crippen molar-refractivity contribution in [2.45, 2.75) is 6.54 Å². The Morgan fingerprint density at radius 2 is 2.00 bits per heavy atom. The fourth-order valence-electron chi connectivity index (χ4n) is 2.33. The molecule has 3 rings (SSSR count). The highest BCUT2D eigenvalue weighted by Crippen LogP contribution is 2.28. The summed E-state index contributed by atoms with van der Waals surface area (Å²) in [5, 5.41) is 0. The van der Waals surface area contributed by atoms with Crippen LogP contribution in [0.1, 0.15) is 0 Å². The van der Waals surface area contributed by atoms with Gasteiger partial charge in [-0.25, -0.2) is 9.37 Å². The number of fused-ring (bicyclic) bond motifs is 1. The molecule has 0 atom stereocenters. The molecule has 0 spiro atoms. The highest BCUT2D eigenvalue weighted by atomic mass is 19.1. The van der Waals surface area contributed by atoms with Crippen LogP contribution in [0.3, 0.4) is 0 Å². The Balaban J connectivity index is 2.30. The van der Waals surface area contributed by atoms with Crippen molar-refractivity contribution in [3.05, 3.63) is 48.3 Å². The molecule has 2 aromatic carbocycles. The fraction of sp³-hybridized carbons (Fsp3) is 0.0667. The molecular formula is C15H13FN4O. The summed E-state index contributed by atoms with van der Waals surface area (Å²) >= 11 is 0. The number of nitrogens with two attached hydrogens (primary N) is 2. The Labute approximate surface area is 120 Å². The van der Waals surface area contributed by atoms with E-state index in [2.05, 4.69) is 4.98 Å². The van der Waals surface area contributed by atoms with Gasteiger partial charge < -0.3 is 16.0 Å². The van der Waals surface area contributed by atoms with Gasteiger partial charge in [0, 0.05) is 5.56 Å². The summed E-state index contributed by atoms with van der Waals surface area (Å²) in [7, 11) is 0. The van der Waals surface area contributed by atoms with E-state index in [9.17, 15) is 9.18 Å². The molecule has 6 heteroatoms. The topological polar surface area (TPSA) is 86.9 Å². The molecule has 0 bridgehead atoms. The number of rotatable bonds is 3. The van der Waals surface area contributed by atoms with Crippen LogP contribution in [0.4, 0.5) is 10.1 Å². The molecule has 0 aliphatic rings. The third kappa shape index (κ3) is 2.31. The summed E-state index contributed by atoms with van der Waals surface area (Å²) in [4.78, 5) is 15.8. The molecule has 4 N–H and O–H groups in total. The van der Waals surface area contributed by atoms with Crippen LogP contribution in [0.25, 0.3) is 22.4 Å². The van der Waals surface area contributed by atoms with E-state index in [4.69, 9.17) is 11.5 Å². The van der Waals surface area contributed by atoms with Gasteiger partial charge >= 0.3 is 0 Å². The van der Waals surface area contributed by atoms with Crippen LogP contribution in [0.2, 0.25) is 0 Å². The highest BCUT2D eigenvalue weighted by Gasteiger charge is 2.15. The summed E-state index contributed by atoms with van der Waals surface area (Å²) in [6.45, 7) is -0.0498. The van der Waals surface area contributed by atoms with Crippen molar-refractivity contribution in [2.24, 2.45) is 5.73 Å². The predicted molar refractivity (Wildman–Crippen MR) is 78.7 cm³/mol. The average Bonchev–Trinajstić information content (AvgIpc) is 2.79. The van der Waals surface area contributed by atoms with Gasteiger partial charge in [0.05, 0.1) is 11.2 Å². The van der Waals surface area contributed by atoms with Crippen molar-refractivity contribution in [3.63, 3.8) is 0 Å². The molecule has 0 saturated heterocycles. The molecular weight excluding hydrogens is 271 g/mol. The summed E-state index contributed by atoms with van der Waals surface area (Å²) in [6.07, 6.45) is 0.